The summed E-state index contributed by atoms with van der Waals surface area (Å²) in [5.74, 6) is 2.25. The Morgan fingerprint density at radius 2 is 2.03 bits per heavy atom. The zero-order chi connectivity index (χ0) is 24.6. The van der Waals surface area contributed by atoms with Gasteiger partial charge in [0.1, 0.15) is 12.1 Å². The topological polar surface area (TPSA) is 125 Å². The fourth-order valence-corrected chi connectivity index (χ4v) is 4.35. The van der Waals surface area contributed by atoms with Gasteiger partial charge in [0.25, 0.3) is 0 Å². The average molecular weight is 470 g/mol. The number of aromatic nitrogens is 3. The molecule has 1 saturated heterocycles. The van der Waals surface area contributed by atoms with Crippen LogP contribution in [0.5, 0.6) is 11.5 Å². The van der Waals surface area contributed by atoms with Gasteiger partial charge in [-0.25, -0.2) is 4.79 Å². The van der Waals surface area contributed by atoms with Crippen LogP contribution in [0, 0.1) is 6.92 Å². The number of aryl methyl sites for hydroxylation is 1. The Bertz CT molecular complexity index is 1120. The van der Waals surface area contributed by atoms with Gasteiger partial charge in [-0.05, 0) is 38.5 Å². The number of hydrogen-bond donors (Lipinski definition) is 3. The Kier molecular flexibility index (Phi) is 6.47. The number of carbonyl (C=O) groups is 1. The number of nitrogens with one attached hydrogen (secondary N) is 2. The van der Waals surface area contributed by atoms with Gasteiger partial charge in [0.15, 0.2) is 11.5 Å². The molecular formula is C23H31N7O4. The first-order chi connectivity index (χ1) is 16.3. The van der Waals surface area contributed by atoms with Crippen molar-refractivity contribution in [2.24, 2.45) is 0 Å². The highest BCUT2D eigenvalue weighted by atomic mass is 16.5. The molecule has 1 fully saturated rings. The van der Waals surface area contributed by atoms with Gasteiger partial charge >= 0.3 is 6.03 Å². The molecule has 3 heterocycles. The second kappa shape index (κ2) is 9.34. The number of anilines is 3. The standard InChI is InChI=1S/C23H31N7O4/c1-7-15-11-29(4)23(32)30(15)22-26-13(3)25-21(28-22)24-12(2)16-10-14-8-9-17(33-5)19(34-6)18(14)27-20(16)31/h8-10,12,15,20,27,31H,7,11H2,1-6H3,(H,24,25,26,28)/t12-,15-,20?/m0/s1. The van der Waals surface area contributed by atoms with Gasteiger partial charge in [-0.2, -0.15) is 15.0 Å². The van der Waals surface area contributed by atoms with Gasteiger partial charge in [0.2, 0.25) is 11.9 Å². The van der Waals surface area contributed by atoms with Gasteiger partial charge in [-0.3, -0.25) is 4.90 Å². The predicted octanol–water partition coefficient (Wildman–Crippen LogP) is 2.48. The molecular weight excluding hydrogens is 438 g/mol. The highest BCUT2D eigenvalue weighted by Crippen LogP contribution is 2.42. The second-order valence-corrected chi connectivity index (χ2v) is 8.42. The summed E-state index contributed by atoms with van der Waals surface area (Å²) in [5, 5.41) is 17.2. The van der Waals surface area contributed by atoms with Crippen LogP contribution in [-0.2, 0) is 0 Å². The molecule has 11 nitrogen and oxygen atoms in total. The van der Waals surface area contributed by atoms with Crippen LogP contribution in [0.25, 0.3) is 6.08 Å². The number of ether oxygens (including phenoxy) is 2. The molecule has 3 atom stereocenters. The number of carbonyl (C=O) groups excluding carboxylic acids is 1. The minimum Gasteiger partial charge on any atom is -0.493 e. The van der Waals surface area contributed by atoms with E-state index >= 15 is 0 Å². The van der Waals surface area contributed by atoms with Crippen LogP contribution in [0.3, 0.4) is 0 Å². The third-order valence-electron chi connectivity index (χ3n) is 6.15. The quantitative estimate of drug-likeness (QED) is 0.561. The van der Waals surface area contributed by atoms with Crippen LogP contribution in [0.15, 0.2) is 17.7 Å². The molecule has 34 heavy (non-hydrogen) atoms. The summed E-state index contributed by atoms with van der Waals surface area (Å²) in [6.07, 6.45) is 1.73. The maximum atomic E-state index is 12.7. The monoisotopic (exact) mass is 469 g/mol. The van der Waals surface area contributed by atoms with Crippen LogP contribution in [0.2, 0.25) is 0 Å². The lowest BCUT2D eigenvalue weighted by atomic mass is 9.97. The molecule has 0 radical (unpaired) electrons. The summed E-state index contributed by atoms with van der Waals surface area (Å²) in [6, 6.07) is 3.26. The highest BCUT2D eigenvalue weighted by molar-refractivity contribution is 5.93. The minimum atomic E-state index is -0.961. The molecule has 0 spiro atoms. The minimum absolute atomic E-state index is 0.000113. The van der Waals surface area contributed by atoms with Gasteiger partial charge in [-0.1, -0.05) is 6.92 Å². The number of amides is 2. The summed E-state index contributed by atoms with van der Waals surface area (Å²) in [6.45, 7) is 6.33. The van der Waals surface area contributed by atoms with Crippen molar-refractivity contribution in [3.63, 3.8) is 0 Å². The zero-order valence-corrected chi connectivity index (χ0v) is 20.3. The number of benzene rings is 1. The van der Waals surface area contributed by atoms with E-state index in [0.717, 1.165) is 12.0 Å². The number of nitrogens with zero attached hydrogens (tertiary/aromatic N) is 5. The number of methoxy groups -OCH3 is 2. The number of aliphatic hydroxyl groups is 1. The van der Waals surface area contributed by atoms with Crippen LogP contribution >= 0.6 is 0 Å². The van der Waals surface area contributed by atoms with Crippen LogP contribution in [0.4, 0.5) is 22.4 Å². The van der Waals surface area contributed by atoms with Crippen molar-refractivity contribution < 1.29 is 19.4 Å². The third-order valence-corrected chi connectivity index (χ3v) is 6.15. The van der Waals surface area contributed by atoms with E-state index in [0.29, 0.717) is 47.0 Å². The van der Waals surface area contributed by atoms with Gasteiger partial charge in [0.05, 0.1) is 32.0 Å². The molecule has 1 aromatic heterocycles. The molecule has 11 heteroatoms. The maximum absolute atomic E-state index is 12.7. The number of likely N-dealkylation sites (N-methyl/N-ethyl adjacent to an activating group) is 1. The summed E-state index contributed by atoms with van der Waals surface area (Å²) >= 11 is 0. The molecule has 2 aromatic rings. The van der Waals surface area contributed by atoms with E-state index in [4.69, 9.17) is 9.47 Å². The molecule has 182 valence electrons. The van der Waals surface area contributed by atoms with E-state index in [1.54, 1.807) is 38.0 Å². The van der Waals surface area contributed by atoms with E-state index in [9.17, 15) is 9.90 Å². The smallest absolute Gasteiger partial charge is 0.327 e. The van der Waals surface area contributed by atoms with E-state index in [1.165, 1.54) is 0 Å². The third kappa shape index (κ3) is 4.18. The average Bonchev–Trinajstić information content (AvgIpc) is 3.10. The largest absolute Gasteiger partial charge is 0.493 e. The molecule has 4 rings (SSSR count). The van der Waals surface area contributed by atoms with Crippen LogP contribution < -0.4 is 25.0 Å². The number of aliphatic hydroxyl groups excluding tert-OH is 1. The Morgan fingerprint density at radius 3 is 2.71 bits per heavy atom. The summed E-state index contributed by atoms with van der Waals surface area (Å²) < 4.78 is 10.8. The molecule has 3 N–H and O–H groups in total. The van der Waals surface area contributed by atoms with Crippen molar-refractivity contribution in [3.8, 4) is 11.5 Å². The summed E-state index contributed by atoms with van der Waals surface area (Å²) in [5.41, 5.74) is 2.21. The number of urea groups is 1. The van der Waals surface area contributed by atoms with Crippen molar-refractivity contribution >= 4 is 29.7 Å². The molecule has 2 amide bonds. The first-order valence-electron chi connectivity index (χ1n) is 11.2. The Balaban J connectivity index is 1.62. The van der Waals surface area contributed by atoms with E-state index in [-0.39, 0.29) is 18.1 Å². The molecule has 2 aliphatic rings. The van der Waals surface area contributed by atoms with Crippen molar-refractivity contribution in [3.05, 3.63) is 29.1 Å². The van der Waals surface area contributed by atoms with Crippen LogP contribution in [0.1, 0.15) is 31.7 Å². The molecule has 0 aliphatic carbocycles. The number of rotatable bonds is 7. The molecule has 1 aromatic carbocycles. The Morgan fingerprint density at radius 1 is 1.26 bits per heavy atom. The number of hydrogen-bond acceptors (Lipinski definition) is 9. The van der Waals surface area contributed by atoms with Crippen molar-refractivity contribution in [1.29, 1.82) is 0 Å². The van der Waals surface area contributed by atoms with Gasteiger partial charge in [-0.15, -0.1) is 0 Å². The predicted molar refractivity (Wildman–Crippen MR) is 129 cm³/mol. The van der Waals surface area contributed by atoms with Gasteiger partial charge < -0.3 is 30.1 Å². The molecule has 2 aliphatic heterocycles. The first-order valence-corrected chi connectivity index (χ1v) is 11.2. The Labute approximate surface area is 198 Å². The normalized spacial score (nSPS) is 20.4. The lowest BCUT2D eigenvalue weighted by molar-refractivity contribution is 0.229. The lowest BCUT2D eigenvalue weighted by Crippen LogP contribution is -2.37. The summed E-state index contributed by atoms with van der Waals surface area (Å²) in [4.78, 5) is 29.3. The Hall–Kier alpha value is -3.60. The maximum Gasteiger partial charge on any atom is 0.327 e. The van der Waals surface area contributed by atoms with E-state index < -0.39 is 6.23 Å². The highest BCUT2D eigenvalue weighted by Gasteiger charge is 2.37. The SMILES string of the molecule is CC[C@H]1CN(C)C(=O)N1c1nc(C)nc(N[C@@H](C)C2=Cc3ccc(OC)c(OC)c3NC2O)n1. The van der Waals surface area contributed by atoms with Gasteiger partial charge in [0, 0.05) is 24.7 Å². The summed E-state index contributed by atoms with van der Waals surface area (Å²) in [7, 11) is 4.90. The lowest BCUT2D eigenvalue weighted by Gasteiger charge is -2.30. The van der Waals surface area contributed by atoms with Crippen molar-refractivity contribution in [2.45, 2.75) is 45.5 Å². The first kappa shape index (κ1) is 23.6. The molecule has 0 saturated carbocycles. The van der Waals surface area contributed by atoms with Crippen LogP contribution in [-0.4, -0.2) is 77.1 Å². The molecule has 0 bridgehead atoms. The van der Waals surface area contributed by atoms with Crippen molar-refractivity contribution in [2.75, 3.05) is 43.3 Å². The van der Waals surface area contributed by atoms with E-state index in [1.807, 2.05) is 32.1 Å². The fraction of sp³-hybridized carbons (Fsp3) is 0.478. The zero-order valence-electron chi connectivity index (χ0n) is 20.3. The fourth-order valence-electron chi connectivity index (χ4n) is 4.35. The van der Waals surface area contributed by atoms with E-state index in [2.05, 4.69) is 25.6 Å². The van der Waals surface area contributed by atoms with Crippen molar-refractivity contribution in [1.82, 2.24) is 19.9 Å². The second-order valence-electron chi connectivity index (χ2n) is 8.42. The molecule has 1 unspecified atom stereocenters. The number of fused-ring (bicyclic) bond motifs is 1.